The van der Waals surface area contributed by atoms with Crippen molar-refractivity contribution in [3.05, 3.63) is 83.7 Å². The van der Waals surface area contributed by atoms with Crippen molar-refractivity contribution < 1.29 is 0 Å². The van der Waals surface area contributed by atoms with Crippen molar-refractivity contribution in [2.75, 3.05) is 13.1 Å². The number of hydrogen-bond acceptors (Lipinski definition) is 3. The largest absolute Gasteiger partial charge is 0.328 e. The molecule has 1 unspecified atom stereocenters. The first-order chi connectivity index (χ1) is 12.3. The molecular formula is C21H24N4. The Morgan fingerprint density at radius 3 is 2.64 bits per heavy atom. The Morgan fingerprint density at radius 1 is 1.00 bits per heavy atom. The fourth-order valence-electron chi connectivity index (χ4n) is 3.71. The summed E-state index contributed by atoms with van der Waals surface area (Å²) in [6.07, 6.45) is 6.99. The topological polar surface area (TPSA) is 34.0 Å². The summed E-state index contributed by atoms with van der Waals surface area (Å²) in [4.78, 5) is 11.5. The van der Waals surface area contributed by atoms with E-state index in [1.807, 2.05) is 24.7 Å². The van der Waals surface area contributed by atoms with E-state index in [0.29, 0.717) is 5.92 Å². The summed E-state index contributed by atoms with van der Waals surface area (Å²) < 4.78 is 2.38. The van der Waals surface area contributed by atoms with E-state index in [9.17, 15) is 0 Å². The van der Waals surface area contributed by atoms with Crippen LogP contribution in [-0.2, 0) is 13.1 Å². The Morgan fingerprint density at radius 2 is 1.84 bits per heavy atom. The first-order valence-corrected chi connectivity index (χ1v) is 8.97. The molecular weight excluding hydrogens is 308 g/mol. The first-order valence-electron chi connectivity index (χ1n) is 8.97. The van der Waals surface area contributed by atoms with Crippen LogP contribution in [0.3, 0.4) is 0 Å². The standard InChI is InChI=1S/C21H24N4/c1-17-12-23-21(25(17)15-18-6-3-2-4-7-18)20-9-11-24(16-20)14-19-8-5-10-22-13-19/h2-8,10,12-13,20H,9,11,14-16H2,1H3. The molecule has 1 atom stereocenters. The number of benzene rings is 1. The van der Waals surface area contributed by atoms with Crippen molar-refractivity contribution in [2.45, 2.75) is 32.4 Å². The van der Waals surface area contributed by atoms with E-state index in [2.05, 4.69) is 57.8 Å². The van der Waals surface area contributed by atoms with Gasteiger partial charge in [0.05, 0.1) is 0 Å². The fourth-order valence-corrected chi connectivity index (χ4v) is 3.71. The highest BCUT2D eigenvalue weighted by Crippen LogP contribution is 2.28. The zero-order valence-electron chi connectivity index (χ0n) is 14.7. The molecule has 3 heterocycles. The van der Waals surface area contributed by atoms with Gasteiger partial charge in [-0.25, -0.2) is 4.98 Å². The van der Waals surface area contributed by atoms with Crippen LogP contribution in [0.4, 0.5) is 0 Å². The van der Waals surface area contributed by atoms with Gasteiger partial charge in [0.15, 0.2) is 0 Å². The van der Waals surface area contributed by atoms with E-state index in [1.165, 1.54) is 29.1 Å². The minimum absolute atomic E-state index is 0.508. The van der Waals surface area contributed by atoms with E-state index < -0.39 is 0 Å². The highest BCUT2D eigenvalue weighted by molar-refractivity contribution is 5.19. The molecule has 4 nitrogen and oxygen atoms in total. The average Bonchev–Trinajstić information content (AvgIpc) is 3.24. The van der Waals surface area contributed by atoms with Crippen LogP contribution in [0, 0.1) is 6.92 Å². The zero-order valence-corrected chi connectivity index (χ0v) is 14.7. The Hall–Kier alpha value is -2.46. The lowest BCUT2D eigenvalue weighted by Crippen LogP contribution is -2.21. The summed E-state index contributed by atoms with van der Waals surface area (Å²) in [7, 11) is 0. The van der Waals surface area contributed by atoms with Gasteiger partial charge in [0.25, 0.3) is 0 Å². The highest BCUT2D eigenvalue weighted by Gasteiger charge is 2.27. The molecule has 1 fully saturated rings. The molecule has 0 spiro atoms. The Kier molecular flexibility index (Phi) is 4.61. The SMILES string of the molecule is Cc1cnc(C2CCN(Cc3cccnc3)C2)n1Cc1ccccc1. The molecule has 2 aromatic heterocycles. The van der Waals surface area contributed by atoms with E-state index in [0.717, 1.165) is 26.2 Å². The number of nitrogens with zero attached hydrogens (tertiary/aromatic N) is 4. The molecule has 1 saturated heterocycles. The second-order valence-corrected chi connectivity index (χ2v) is 6.91. The molecule has 0 saturated carbocycles. The smallest absolute Gasteiger partial charge is 0.113 e. The molecule has 1 aliphatic heterocycles. The molecule has 0 radical (unpaired) electrons. The number of rotatable bonds is 5. The maximum atomic E-state index is 4.76. The van der Waals surface area contributed by atoms with Gasteiger partial charge in [0.1, 0.15) is 5.82 Å². The lowest BCUT2D eigenvalue weighted by Gasteiger charge is -2.17. The monoisotopic (exact) mass is 332 g/mol. The van der Waals surface area contributed by atoms with Crippen LogP contribution in [-0.4, -0.2) is 32.5 Å². The molecule has 4 rings (SSSR count). The van der Waals surface area contributed by atoms with Crippen molar-refractivity contribution in [2.24, 2.45) is 0 Å². The molecule has 1 aromatic carbocycles. The van der Waals surface area contributed by atoms with Gasteiger partial charge in [-0.05, 0) is 37.1 Å². The molecule has 4 heteroatoms. The molecule has 128 valence electrons. The maximum Gasteiger partial charge on any atom is 0.113 e. The second-order valence-electron chi connectivity index (χ2n) is 6.91. The van der Waals surface area contributed by atoms with Gasteiger partial charge in [-0.3, -0.25) is 9.88 Å². The van der Waals surface area contributed by atoms with E-state index in [4.69, 9.17) is 4.98 Å². The van der Waals surface area contributed by atoms with Crippen molar-refractivity contribution in [3.8, 4) is 0 Å². The number of pyridine rings is 1. The fraction of sp³-hybridized carbons (Fsp3) is 0.333. The van der Waals surface area contributed by atoms with Crippen molar-refractivity contribution >= 4 is 0 Å². The number of hydrogen-bond donors (Lipinski definition) is 0. The third-order valence-electron chi connectivity index (χ3n) is 5.04. The van der Waals surface area contributed by atoms with Gasteiger partial charge < -0.3 is 4.57 Å². The summed E-state index contributed by atoms with van der Waals surface area (Å²) in [6.45, 7) is 6.22. The Bertz CT molecular complexity index is 810. The summed E-state index contributed by atoms with van der Waals surface area (Å²) in [5.74, 6) is 1.74. The quantitative estimate of drug-likeness (QED) is 0.715. The Labute approximate surface area is 149 Å². The predicted molar refractivity (Wildman–Crippen MR) is 99.4 cm³/mol. The van der Waals surface area contributed by atoms with Crippen molar-refractivity contribution in [3.63, 3.8) is 0 Å². The number of aryl methyl sites for hydroxylation is 1. The van der Waals surface area contributed by atoms with Gasteiger partial charge >= 0.3 is 0 Å². The van der Waals surface area contributed by atoms with Crippen LogP contribution in [0.25, 0.3) is 0 Å². The lowest BCUT2D eigenvalue weighted by atomic mass is 10.1. The summed E-state index contributed by atoms with van der Waals surface area (Å²) >= 11 is 0. The van der Waals surface area contributed by atoms with Gasteiger partial charge in [-0.15, -0.1) is 0 Å². The number of imidazole rings is 1. The first kappa shape index (κ1) is 16.0. The maximum absolute atomic E-state index is 4.76. The molecule has 0 aliphatic carbocycles. The molecule has 25 heavy (non-hydrogen) atoms. The molecule has 3 aromatic rings. The number of aromatic nitrogens is 3. The predicted octanol–water partition coefficient (Wildman–Crippen LogP) is 3.62. The average molecular weight is 332 g/mol. The van der Waals surface area contributed by atoms with E-state index >= 15 is 0 Å². The second kappa shape index (κ2) is 7.19. The molecule has 1 aliphatic rings. The lowest BCUT2D eigenvalue weighted by molar-refractivity contribution is 0.324. The minimum atomic E-state index is 0.508. The van der Waals surface area contributed by atoms with Gasteiger partial charge in [0.2, 0.25) is 0 Å². The Balaban J connectivity index is 1.48. The molecule has 0 amide bonds. The normalized spacial score (nSPS) is 17.9. The van der Waals surface area contributed by atoms with Crippen LogP contribution in [0.1, 0.15) is 35.0 Å². The summed E-state index contributed by atoms with van der Waals surface area (Å²) in [5, 5.41) is 0. The van der Waals surface area contributed by atoms with Crippen LogP contribution in [0.2, 0.25) is 0 Å². The summed E-state index contributed by atoms with van der Waals surface area (Å²) in [6, 6.07) is 14.8. The van der Waals surface area contributed by atoms with E-state index in [-0.39, 0.29) is 0 Å². The third kappa shape index (κ3) is 3.64. The highest BCUT2D eigenvalue weighted by atomic mass is 15.2. The van der Waals surface area contributed by atoms with Crippen LogP contribution in [0.15, 0.2) is 61.1 Å². The van der Waals surface area contributed by atoms with Gasteiger partial charge in [-0.1, -0.05) is 36.4 Å². The third-order valence-corrected chi connectivity index (χ3v) is 5.04. The van der Waals surface area contributed by atoms with Gasteiger partial charge in [-0.2, -0.15) is 0 Å². The van der Waals surface area contributed by atoms with Crippen LogP contribution in [0.5, 0.6) is 0 Å². The molecule has 0 N–H and O–H groups in total. The van der Waals surface area contributed by atoms with Crippen molar-refractivity contribution in [1.29, 1.82) is 0 Å². The van der Waals surface area contributed by atoms with Crippen LogP contribution < -0.4 is 0 Å². The summed E-state index contributed by atoms with van der Waals surface area (Å²) in [5.41, 5.74) is 3.85. The van der Waals surface area contributed by atoms with Gasteiger partial charge in [0, 0.05) is 49.8 Å². The van der Waals surface area contributed by atoms with Crippen LogP contribution >= 0.6 is 0 Å². The van der Waals surface area contributed by atoms with E-state index in [1.54, 1.807) is 0 Å². The molecule has 0 bridgehead atoms. The van der Waals surface area contributed by atoms with Crippen molar-refractivity contribution in [1.82, 2.24) is 19.4 Å². The zero-order chi connectivity index (χ0) is 17.1. The minimum Gasteiger partial charge on any atom is -0.328 e. The number of likely N-dealkylation sites (tertiary alicyclic amines) is 1.